The van der Waals surface area contributed by atoms with Gasteiger partial charge in [0, 0.05) is 26.2 Å². The molecule has 0 unspecified atom stereocenters. The highest BCUT2D eigenvalue weighted by molar-refractivity contribution is 7.91. The predicted octanol–water partition coefficient (Wildman–Crippen LogP) is -1.08. The highest BCUT2D eigenvalue weighted by atomic mass is 32.2. The fourth-order valence-corrected chi connectivity index (χ4v) is 4.44. The van der Waals surface area contributed by atoms with E-state index in [2.05, 4.69) is 0 Å². The quantitative estimate of drug-likeness (QED) is 0.696. The van der Waals surface area contributed by atoms with Crippen molar-refractivity contribution in [3.63, 3.8) is 0 Å². The smallest absolute Gasteiger partial charge is 0.409 e. The van der Waals surface area contributed by atoms with Crippen LogP contribution in [0.5, 0.6) is 0 Å². The zero-order valence-corrected chi connectivity index (χ0v) is 11.8. The number of hydrogen-bond acceptors (Lipinski definition) is 6. The Labute approximate surface area is 113 Å². The highest BCUT2D eigenvalue weighted by Gasteiger charge is 2.41. The van der Waals surface area contributed by atoms with Crippen LogP contribution >= 0.6 is 0 Å². The summed E-state index contributed by atoms with van der Waals surface area (Å²) < 4.78 is 27.9. The van der Waals surface area contributed by atoms with Gasteiger partial charge in [-0.2, -0.15) is 0 Å². The Morgan fingerprint density at radius 2 is 1.89 bits per heavy atom. The number of sulfone groups is 1. The topological polar surface area (TPSA) is 87.2 Å². The van der Waals surface area contributed by atoms with Crippen LogP contribution in [0.4, 0.5) is 4.79 Å². The summed E-state index contributed by atoms with van der Waals surface area (Å²) in [6.45, 7) is 4.24. The van der Waals surface area contributed by atoms with Crippen molar-refractivity contribution in [2.45, 2.75) is 19.1 Å². The normalized spacial score (nSPS) is 31.4. The molecule has 0 saturated carbocycles. The molecule has 110 valence electrons. The van der Waals surface area contributed by atoms with E-state index in [1.54, 1.807) is 11.8 Å². The Morgan fingerprint density at radius 3 is 2.37 bits per heavy atom. The predicted molar refractivity (Wildman–Crippen MR) is 68.6 cm³/mol. The molecule has 7 nitrogen and oxygen atoms in total. The van der Waals surface area contributed by atoms with Crippen molar-refractivity contribution in [3.05, 3.63) is 0 Å². The van der Waals surface area contributed by atoms with Gasteiger partial charge in [0.2, 0.25) is 0 Å². The van der Waals surface area contributed by atoms with Crippen LogP contribution in [0.1, 0.15) is 6.92 Å². The van der Waals surface area contributed by atoms with Crippen LogP contribution in [-0.4, -0.2) is 85.9 Å². The number of piperazine rings is 1. The summed E-state index contributed by atoms with van der Waals surface area (Å²) in [6, 6.07) is -0.339. The maximum absolute atomic E-state index is 11.5. The first-order chi connectivity index (χ1) is 8.93. The van der Waals surface area contributed by atoms with E-state index in [9.17, 15) is 18.3 Å². The Kier molecular flexibility index (Phi) is 4.32. The molecular formula is C11H20N2O5S. The third kappa shape index (κ3) is 3.37. The molecule has 0 aromatic heterocycles. The van der Waals surface area contributed by atoms with Crippen LogP contribution in [0.15, 0.2) is 0 Å². The van der Waals surface area contributed by atoms with Gasteiger partial charge in [0.15, 0.2) is 9.84 Å². The molecule has 2 aliphatic heterocycles. The van der Waals surface area contributed by atoms with E-state index in [1.165, 1.54) is 0 Å². The van der Waals surface area contributed by atoms with Crippen molar-refractivity contribution < 1.29 is 23.1 Å². The van der Waals surface area contributed by atoms with Gasteiger partial charge in [-0.3, -0.25) is 4.90 Å². The summed E-state index contributed by atoms with van der Waals surface area (Å²) in [5.74, 6) is -0.149. The van der Waals surface area contributed by atoms with Gasteiger partial charge in [-0.1, -0.05) is 0 Å². The standard InChI is InChI=1S/C11H20N2O5S/c1-2-18-11(15)13-5-3-12(4-6-13)9-7-19(16,17)8-10(9)14/h9-10,14H,2-8H2,1H3/t9-,10-/m0/s1. The number of rotatable bonds is 2. The third-order valence-electron chi connectivity index (χ3n) is 3.60. The van der Waals surface area contributed by atoms with Crippen LogP contribution in [0.2, 0.25) is 0 Å². The minimum absolute atomic E-state index is 0.00751. The first-order valence-electron chi connectivity index (χ1n) is 6.47. The third-order valence-corrected chi connectivity index (χ3v) is 5.30. The second-order valence-corrected chi connectivity index (χ2v) is 7.09. The maximum atomic E-state index is 11.5. The highest BCUT2D eigenvalue weighted by Crippen LogP contribution is 2.20. The van der Waals surface area contributed by atoms with E-state index in [1.807, 2.05) is 4.90 Å². The molecule has 19 heavy (non-hydrogen) atoms. The zero-order valence-electron chi connectivity index (χ0n) is 11.0. The van der Waals surface area contributed by atoms with E-state index in [0.717, 1.165) is 0 Å². The molecule has 1 N–H and O–H groups in total. The molecule has 2 aliphatic rings. The SMILES string of the molecule is CCOC(=O)N1CCN([C@H]2CS(=O)(=O)C[C@@H]2O)CC1. The second kappa shape index (κ2) is 5.64. The molecule has 2 heterocycles. The zero-order chi connectivity index (χ0) is 14.0. The van der Waals surface area contributed by atoms with Crippen LogP contribution in [0.3, 0.4) is 0 Å². The van der Waals surface area contributed by atoms with Crippen molar-refractivity contribution in [3.8, 4) is 0 Å². The van der Waals surface area contributed by atoms with E-state index in [4.69, 9.17) is 4.74 Å². The lowest BCUT2D eigenvalue weighted by atomic mass is 10.1. The van der Waals surface area contributed by atoms with Gasteiger partial charge >= 0.3 is 6.09 Å². The van der Waals surface area contributed by atoms with Crippen LogP contribution in [0, 0.1) is 0 Å². The Bertz CT molecular complexity index is 430. The average molecular weight is 292 g/mol. The molecule has 8 heteroatoms. The molecule has 0 aromatic carbocycles. The minimum atomic E-state index is -3.13. The molecule has 0 bridgehead atoms. The number of carbonyl (C=O) groups is 1. The number of aliphatic hydroxyl groups is 1. The van der Waals surface area contributed by atoms with E-state index in [-0.39, 0.29) is 23.6 Å². The summed E-state index contributed by atoms with van der Waals surface area (Å²) in [4.78, 5) is 15.1. The van der Waals surface area contributed by atoms with E-state index < -0.39 is 15.9 Å². The first-order valence-corrected chi connectivity index (χ1v) is 8.29. The van der Waals surface area contributed by atoms with Crippen LogP contribution in [-0.2, 0) is 14.6 Å². The number of nitrogens with zero attached hydrogens (tertiary/aromatic N) is 2. The molecule has 0 aliphatic carbocycles. The average Bonchev–Trinajstić information content (AvgIpc) is 2.63. The van der Waals surface area contributed by atoms with Crippen molar-refractivity contribution in [1.82, 2.24) is 9.80 Å². The summed E-state index contributed by atoms with van der Waals surface area (Å²) >= 11 is 0. The van der Waals surface area contributed by atoms with E-state index in [0.29, 0.717) is 32.8 Å². The van der Waals surface area contributed by atoms with Gasteiger partial charge in [-0.05, 0) is 6.92 Å². The van der Waals surface area contributed by atoms with Gasteiger partial charge in [0.05, 0.1) is 30.3 Å². The lowest BCUT2D eigenvalue weighted by molar-refractivity contribution is 0.0376. The molecule has 2 saturated heterocycles. The van der Waals surface area contributed by atoms with Gasteiger partial charge in [-0.25, -0.2) is 13.2 Å². The summed E-state index contributed by atoms with van der Waals surface area (Å²) in [6.07, 6.45) is -1.15. The van der Waals surface area contributed by atoms with Gasteiger partial charge in [0.1, 0.15) is 0 Å². The second-order valence-electron chi connectivity index (χ2n) is 4.93. The fraction of sp³-hybridized carbons (Fsp3) is 0.909. The van der Waals surface area contributed by atoms with Crippen LogP contribution in [0.25, 0.3) is 0 Å². The lowest BCUT2D eigenvalue weighted by Crippen LogP contribution is -2.54. The molecular weight excluding hydrogens is 272 g/mol. The number of amides is 1. The molecule has 0 radical (unpaired) electrons. The van der Waals surface area contributed by atoms with E-state index >= 15 is 0 Å². The van der Waals surface area contributed by atoms with Crippen molar-refractivity contribution >= 4 is 15.9 Å². The van der Waals surface area contributed by atoms with Crippen LogP contribution < -0.4 is 0 Å². The number of hydrogen-bond donors (Lipinski definition) is 1. The molecule has 2 fully saturated rings. The molecule has 2 rings (SSSR count). The van der Waals surface area contributed by atoms with Crippen molar-refractivity contribution in [2.24, 2.45) is 0 Å². The Hall–Kier alpha value is -0.860. The fourth-order valence-electron chi connectivity index (χ4n) is 2.61. The molecule has 0 spiro atoms. The summed E-state index contributed by atoms with van der Waals surface area (Å²) in [7, 11) is -3.13. The summed E-state index contributed by atoms with van der Waals surface area (Å²) in [5, 5.41) is 9.81. The first kappa shape index (κ1) is 14.5. The largest absolute Gasteiger partial charge is 0.450 e. The van der Waals surface area contributed by atoms with Gasteiger partial charge in [-0.15, -0.1) is 0 Å². The minimum Gasteiger partial charge on any atom is -0.450 e. The van der Waals surface area contributed by atoms with Gasteiger partial charge < -0.3 is 14.7 Å². The maximum Gasteiger partial charge on any atom is 0.409 e. The van der Waals surface area contributed by atoms with Crippen molar-refractivity contribution in [1.29, 1.82) is 0 Å². The van der Waals surface area contributed by atoms with Crippen molar-refractivity contribution in [2.75, 3.05) is 44.3 Å². The molecule has 0 aromatic rings. The summed E-state index contributed by atoms with van der Waals surface area (Å²) in [5.41, 5.74) is 0. The monoisotopic (exact) mass is 292 g/mol. The molecule has 2 atom stereocenters. The number of carbonyl (C=O) groups excluding carboxylic acids is 1. The number of ether oxygens (including phenoxy) is 1. The Morgan fingerprint density at radius 1 is 1.26 bits per heavy atom. The molecule has 1 amide bonds. The lowest BCUT2D eigenvalue weighted by Gasteiger charge is -2.37. The number of aliphatic hydroxyl groups excluding tert-OH is 1. The Balaban J connectivity index is 1.88. The van der Waals surface area contributed by atoms with Gasteiger partial charge in [0.25, 0.3) is 0 Å².